The van der Waals surface area contributed by atoms with Gasteiger partial charge in [-0.05, 0) is 75.1 Å². The van der Waals surface area contributed by atoms with Crippen LogP contribution in [0.25, 0.3) is 16.7 Å². The predicted molar refractivity (Wildman–Crippen MR) is 148 cm³/mol. The SMILES string of the molecule is CC1(C)CC=C(c2ccc(-c3ccccc3)cc2)c2ccc(C(O)C#Cc3ccc(C(=O)O)cc3)cc21. The van der Waals surface area contributed by atoms with Crippen LogP contribution in [0.3, 0.4) is 0 Å². The predicted octanol–water partition coefficient (Wildman–Crippen LogP) is 7.25. The van der Waals surface area contributed by atoms with Gasteiger partial charge in [-0.1, -0.05) is 105 Å². The number of carboxylic acid groups (broad SMARTS) is 1. The third kappa shape index (κ3) is 5.11. The molecule has 0 heterocycles. The van der Waals surface area contributed by atoms with E-state index in [1.54, 1.807) is 12.1 Å². The summed E-state index contributed by atoms with van der Waals surface area (Å²) in [6, 6.07) is 31.5. The Kier molecular flexibility index (Phi) is 6.53. The third-order valence-electron chi connectivity index (χ3n) is 6.98. The van der Waals surface area contributed by atoms with Crippen molar-refractivity contribution in [3.8, 4) is 23.0 Å². The minimum atomic E-state index is -0.975. The van der Waals surface area contributed by atoms with Crippen molar-refractivity contribution >= 4 is 11.5 Å². The lowest BCUT2D eigenvalue weighted by molar-refractivity contribution is 0.0697. The van der Waals surface area contributed by atoms with Crippen LogP contribution in [0.15, 0.2) is 103 Å². The average Bonchev–Trinajstić information content (AvgIpc) is 2.92. The molecular formula is C34H28O3. The molecule has 0 aromatic heterocycles. The first kappa shape index (κ1) is 24.3. The van der Waals surface area contributed by atoms with E-state index in [1.165, 1.54) is 45.5 Å². The molecule has 37 heavy (non-hydrogen) atoms. The number of hydrogen-bond donors (Lipinski definition) is 2. The van der Waals surface area contributed by atoms with Crippen LogP contribution in [0.2, 0.25) is 0 Å². The van der Waals surface area contributed by atoms with Crippen LogP contribution in [0, 0.1) is 11.8 Å². The van der Waals surface area contributed by atoms with Crippen LogP contribution in [0.1, 0.15) is 64.5 Å². The molecule has 1 aliphatic carbocycles. The maximum atomic E-state index is 11.0. The second-order valence-corrected chi connectivity index (χ2v) is 10.0. The average molecular weight is 485 g/mol. The smallest absolute Gasteiger partial charge is 0.335 e. The maximum absolute atomic E-state index is 11.0. The van der Waals surface area contributed by atoms with Crippen molar-refractivity contribution in [2.45, 2.75) is 31.8 Å². The summed E-state index contributed by atoms with van der Waals surface area (Å²) in [4.78, 5) is 11.0. The van der Waals surface area contributed by atoms with Gasteiger partial charge in [0.1, 0.15) is 6.10 Å². The first-order valence-electron chi connectivity index (χ1n) is 12.4. The normalized spacial score (nSPS) is 14.5. The van der Waals surface area contributed by atoms with Gasteiger partial charge in [0.05, 0.1) is 5.56 Å². The van der Waals surface area contributed by atoms with E-state index in [0.29, 0.717) is 5.56 Å². The van der Waals surface area contributed by atoms with Crippen molar-refractivity contribution in [2.24, 2.45) is 0 Å². The molecule has 182 valence electrons. The number of hydrogen-bond acceptors (Lipinski definition) is 2. The first-order chi connectivity index (χ1) is 17.8. The molecule has 0 spiro atoms. The largest absolute Gasteiger partial charge is 0.478 e. The summed E-state index contributed by atoms with van der Waals surface area (Å²) in [6.07, 6.45) is 2.27. The Morgan fingerprint density at radius 2 is 1.49 bits per heavy atom. The number of fused-ring (bicyclic) bond motifs is 1. The number of allylic oxidation sites excluding steroid dienone is 1. The molecular weight excluding hydrogens is 456 g/mol. The lowest BCUT2D eigenvalue weighted by Gasteiger charge is -2.33. The van der Waals surface area contributed by atoms with E-state index < -0.39 is 12.1 Å². The van der Waals surface area contributed by atoms with Crippen LogP contribution in [-0.4, -0.2) is 16.2 Å². The quantitative estimate of drug-likeness (QED) is 0.300. The van der Waals surface area contributed by atoms with Gasteiger partial charge in [0.25, 0.3) is 0 Å². The van der Waals surface area contributed by atoms with E-state index in [4.69, 9.17) is 5.11 Å². The van der Waals surface area contributed by atoms with Gasteiger partial charge in [-0.25, -0.2) is 4.79 Å². The molecule has 0 saturated carbocycles. The molecule has 1 atom stereocenters. The second-order valence-electron chi connectivity index (χ2n) is 10.0. The van der Waals surface area contributed by atoms with Crippen LogP contribution in [0.4, 0.5) is 0 Å². The molecule has 0 saturated heterocycles. The Morgan fingerprint density at radius 3 is 2.16 bits per heavy atom. The number of rotatable bonds is 4. The minimum absolute atomic E-state index is 0.0708. The lowest BCUT2D eigenvalue weighted by atomic mass is 9.71. The fraction of sp³-hybridized carbons (Fsp3) is 0.147. The molecule has 1 unspecified atom stereocenters. The van der Waals surface area contributed by atoms with E-state index in [-0.39, 0.29) is 11.0 Å². The van der Waals surface area contributed by atoms with Gasteiger partial charge in [0.2, 0.25) is 0 Å². The van der Waals surface area contributed by atoms with Gasteiger partial charge in [0.15, 0.2) is 0 Å². The minimum Gasteiger partial charge on any atom is -0.478 e. The standard InChI is InChI=1S/C34H28O3/c1-34(2)21-20-29(26-15-13-25(14-16-26)24-6-4-3-5-7-24)30-18-17-28(22-31(30)34)32(35)19-10-23-8-11-27(12-9-23)33(36)37/h3-9,11-18,20,22,32,35H,21H2,1-2H3,(H,36,37). The van der Waals surface area contributed by atoms with Crippen LogP contribution in [0.5, 0.6) is 0 Å². The third-order valence-corrected chi connectivity index (χ3v) is 6.98. The topological polar surface area (TPSA) is 57.5 Å². The summed E-state index contributed by atoms with van der Waals surface area (Å²) in [7, 11) is 0. The van der Waals surface area contributed by atoms with Crippen molar-refractivity contribution in [1.29, 1.82) is 0 Å². The summed E-state index contributed by atoms with van der Waals surface area (Å²) < 4.78 is 0. The van der Waals surface area contributed by atoms with E-state index in [9.17, 15) is 9.90 Å². The molecule has 0 fully saturated rings. The van der Waals surface area contributed by atoms with Crippen molar-refractivity contribution in [3.05, 3.63) is 137 Å². The zero-order valence-electron chi connectivity index (χ0n) is 20.9. The number of aromatic carboxylic acids is 1. The second kappa shape index (κ2) is 9.93. The molecule has 0 radical (unpaired) electrons. The van der Waals surface area contributed by atoms with Crippen molar-refractivity contribution < 1.29 is 15.0 Å². The highest BCUT2D eigenvalue weighted by Gasteiger charge is 2.29. The van der Waals surface area contributed by atoms with Crippen molar-refractivity contribution in [1.82, 2.24) is 0 Å². The Labute approximate surface area is 217 Å². The van der Waals surface area contributed by atoms with Gasteiger partial charge in [0, 0.05) is 5.56 Å². The number of aliphatic hydroxyl groups is 1. The van der Waals surface area contributed by atoms with E-state index >= 15 is 0 Å². The Morgan fingerprint density at radius 1 is 0.838 bits per heavy atom. The summed E-state index contributed by atoms with van der Waals surface area (Å²) in [5, 5.41) is 19.9. The zero-order chi connectivity index (χ0) is 26.0. The molecule has 1 aliphatic rings. The molecule has 0 bridgehead atoms. The molecule has 0 aliphatic heterocycles. The lowest BCUT2D eigenvalue weighted by Crippen LogP contribution is -2.22. The number of aliphatic hydroxyl groups excluding tert-OH is 1. The van der Waals surface area contributed by atoms with Gasteiger partial charge in [-0.15, -0.1) is 0 Å². The van der Waals surface area contributed by atoms with Gasteiger partial charge in [-0.2, -0.15) is 0 Å². The van der Waals surface area contributed by atoms with Crippen LogP contribution >= 0.6 is 0 Å². The van der Waals surface area contributed by atoms with Crippen LogP contribution < -0.4 is 0 Å². The van der Waals surface area contributed by atoms with Gasteiger partial charge < -0.3 is 10.2 Å². The molecule has 2 N–H and O–H groups in total. The zero-order valence-corrected chi connectivity index (χ0v) is 20.9. The summed E-state index contributed by atoms with van der Waals surface area (Å²) >= 11 is 0. The number of carbonyl (C=O) groups is 1. The number of benzene rings is 4. The van der Waals surface area contributed by atoms with Crippen LogP contribution in [-0.2, 0) is 5.41 Å². The highest BCUT2D eigenvalue weighted by Crippen LogP contribution is 2.42. The Bertz CT molecular complexity index is 1530. The molecule has 4 aromatic rings. The van der Waals surface area contributed by atoms with Gasteiger partial charge >= 0.3 is 5.97 Å². The van der Waals surface area contributed by atoms with Crippen molar-refractivity contribution in [2.75, 3.05) is 0 Å². The first-order valence-corrected chi connectivity index (χ1v) is 12.4. The highest BCUT2D eigenvalue weighted by atomic mass is 16.4. The summed E-state index contributed by atoms with van der Waals surface area (Å²) in [6.45, 7) is 4.45. The Balaban J connectivity index is 1.42. The summed E-state index contributed by atoms with van der Waals surface area (Å²) in [5.41, 5.74) is 8.70. The monoisotopic (exact) mass is 484 g/mol. The van der Waals surface area contributed by atoms with E-state index in [1.807, 2.05) is 12.1 Å². The molecule has 3 heteroatoms. The summed E-state index contributed by atoms with van der Waals surface area (Å²) in [5.74, 6) is 4.89. The Hall–Kier alpha value is -4.39. The molecule has 0 amide bonds. The maximum Gasteiger partial charge on any atom is 0.335 e. The highest BCUT2D eigenvalue weighted by molar-refractivity contribution is 5.87. The number of carboxylic acids is 1. The molecule has 5 rings (SSSR count). The van der Waals surface area contributed by atoms with Gasteiger partial charge in [-0.3, -0.25) is 0 Å². The fourth-order valence-corrected chi connectivity index (χ4v) is 4.78. The van der Waals surface area contributed by atoms with E-state index in [0.717, 1.165) is 12.0 Å². The molecule has 3 nitrogen and oxygen atoms in total. The van der Waals surface area contributed by atoms with E-state index in [2.05, 4.69) is 92.4 Å². The fourth-order valence-electron chi connectivity index (χ4n) is 4.78. The van der Waals surface area contributed by atoms with Crippen molar-refractivity contribution in [3.63, 3.8) is 0 Å². The molecule has 4 aromatic carbocycles.